The number of furan rings is 1. The summed E-state index contributed by atoms with van der Waals surface area (Å²) in [7, 11) is 0. The Kier molecular flexibility index (Phi) is 4.26. The molecule has 23 heavy (non-hydrogen) atoms. The summed E-state index contributed by atoms with van der Waals surface area (Å²) in [5.74, 6) is 1.76. The van der Waals surface area contributed by atoms with Gasteiger partial charge in [-0.15, -0.1) is 22.7 Å². The second kappa shape index (κ2) is 6.52. The Morgan fingerprint density at radius 3 is 3.09 bits per heavy atom. The van der Waals surface area contributed by atoms with Gasteiger partial charge in [0.05, 0.1) is 12.3 Å². The van der Waals surface area contributed by atoms with Crippen LogP contribution in [0.1, 0.15) is 22.6 Å². The van der Waals surface area contributed by atoms with E-state index in [0.717, 1.165) is 53.5 Å². The lowest BCUT2D eigenvalue weighted by Gasteiger charge is -2.31. The Labute approximate surface area is 142 Å². The number of ether oxygens (including phenoxy) is 1. The molecule has 1 aliphatic heterocycles. The highest BCUT2D eigenvalue weighted by Crippen LogP contribution is 2.28. The molecule has 0 saturated carbocycles. The van der Waals surface area contributed by atoms with Crippen molar-refractivity contribution in [2.75, 3.05) is 19.7 Å². The maximum absolute atomic E-state index is 5.84. The zero-order valence-electron chi connectivity index (χ0n) is 12.8. The Hall–Kier alpha value is -1.54. The molecule has 0 bridgehead atoms. The predicted molar refractivity (Wildman–Crippen MR) is 90.6 cm³/mol. The molecule has 0 aliphatic carbocycles. The highest BCUT2D eigenvalue weighted by atomic mass is 32.1. The van der Waals surface area contributed by atoms with Gasteiger partial charge in [0.25, 0.3) is 0 Å². The van der Waals surface area contributed by atoms with Crippen molar-refractivity contribution in [3.05, 3.63) is 45.6 Å². The average Bonchev–Trinajstić information content (AvgIpc) is 3.28. The van der Waals surface area contributed by atoms with Crippen LogP contribution in [0.4, 0.5) is 0 Å². The van der Waals surface area contributed by atoms with E-state index in [-0.39, 0.29) is 6.10 Å². The zero-order valence-corrected chi connectivity index (χ0v) is 14.4. The summed E-state index contributed by atoms with van der Waals surface area (Å²) in [5.41, 5.74) is 1.08. The van der Waals surface area contributed by atoms with E-state index in [0.29, 0.717) is 0 Å². The molecule has 1 aliphatic rings. The number of aryl methyl sites for hydroxylation is 1. The minimum Gasteiger partial charge on any atom is -0.459 e. The fourth-order valence-electron chi connectivity index (χ4n) is 2.66. The van der Waals surface area contributed by atoms with E-state index in [4.69, 9.17) is 14.1 Å². The monoisotopic (exact) mass is 347 g/mol. The van der Waals surface area contributed by atoms with Crippen LogP contribution in [0.5, 0.6) is 0 Å². The summed E-state index contributed by atoms with van der Waals surface area (Å²) in [5, 5.41) is 6.11. The van der Waals surface area contributed by atoms with Crippen molar-refractivity contribution in [1.29, 1.82) is 0 Å². The standard InChI is InChI=1S/C16H17N3O2S2/c1-11-2-3-13(21-11)16-18-12(10-23-16)8-19-5-6-20-14(9-19)15-17-4-7-22-15/h2-4,7,10,14H,5-6,8-9H2,1H3. The van der Waals surface area contributed by atoms with Gasteiger partial charge in [0.15, 0.2) is 10.8 Å². The topological polar surface area (TPSA) is 51.4 Å². The lowest BCUT2D eigenvalue weighted by molar-refractivity contribution is -0.0333. The van der Waals surface area contributed by atoms with E-state index in [9.17, 15) is 0 Å². The Morgan fingerprint density at radius 2 is 2.30 bits per heavy atom. The first-order valence-corrected chi connectivity index (χ1v) is 9.28. The largest absolute Gasteiger partial charge is 0.459 e. The van der Waals surface area contributed by atoms with E-state index in [1.807, 2.05) is 30.6 Å². The molecule has 1 fully saturated rings. The number of aromatic nitrogens is 2. The third-order valence-corrected chi connectivity index (χ3v) is 5.54. The Morgan fingerprint density at radius 1 is 1.35 bits per heavy atom. The molecule has 7 heteroatoms. The van der Waals surface area contributed by atoms with Gasteiger partial charge in [-0.2, -0.15) is 0 Å². The van der Waals surface area contributed by atoms with Crippen LogP contribution in [0.2, 0.25) is 0 Å². The first-order valence-electron chi connectivity index (χ1n) is 7.52. The molecule has 1 unspecified atom stereocenters. The smallest absolute Gasteiger partial charge is 0.162 e. The lowest BCUT2D eigenvalue weighted by Crippen LogP contribution is -2.37. The van der Waals surface area contributed by atoms with Crippen LogP contribution in [0, 0.1) is 6.92 Å². The molecule has 5 nitrogen and oxygen atoms in total. The van der Waals surface area contributed by atoms with Crippen molar-refractivity contribution in [1.82, 2.24) is 14.9 Å². The first kappa shape index (κ1) is 15.0. The highest BCUT2D eigenvalue weighted by molar-refractivity contribution is 7.13. The third-order valence-electron chi connectivity index (χ3n) is 3.77. The second-order valence-electron chi connectivity index (χ2n) is 5.52. The van der Waals surface area contributed by atoms with Gasteiger partial charge in [-0.05, 0) is 19.1 Å². The molecule has 120 valence electrons. The molecule has 4 rings (SSSR count). The van der Waals surface area contributed by atoms with Gasteiger partial charge in [-0.25, -0.2) is 9.97 Å². The van der Waals surface area contributed by atoms with Crippen LogP contribution < -0.4 is 0 Å². The van der Waals surface area contributed by atoms with E-state index in [1.165, 1.54) is 0 Å². The predicted octanol–water partition coefficient (Wildman–Crippen LogP) is 3.74. The van der Waals surface area contributed by atoms with Gasteiger partial charge in [-0.1, -0.05) is 0 Å². The molecule has 0 spiro atoms. The van der Waals surface area contributed by atoms with Crippen LogP contribution in [0.15, 0.2) is 33.5 Å². The fraction of sp³-hybridized carbons (Fsp3) is 0.375. The third kappa shape index (κ3) is 3.37. The molecular formula is C16H17N3O2S2. The summed E-state index contributed by atoms with van der Waals surface area (Å²) < 4.78 is 11.5. The van der Waals surface area contributed by atoms with Crippen LogP contribution in [-0.2, 0) is 11.3 Å². The second-order valence-corrected chi connectivity index (χ2v) is 7.30. The molecule has 0 radical (unpaired) electrons. The van der Waals surface area contributed by atoms with E-state index in [2.05, 4.69) is 15.3 Å². The Balaban J connectivity index is 1.43. The molecule has 0 aromatic carbocycles. The van der Waals surface area contributed by atoms with Crippen LogP contribution in [0.25, 0.3) is 10.8 Å². The number of morpholine rings is 1. The fourth-order valence-corrected chi connectivity index (χ4v) is 4.11. The number of rotatable bonds is 4. The van der Waals surface area contributed by atoms with Crippen LogP contribution in [0.3, 0.4) is 0 Å². The molecule has 1 atom stereocenters. The van der Waals surface area contributed by atoms with Crippen LogP contribution in [-0.4, -0.2) is 34.6 Å². The lowest BCUT2D eigenvalue weighted by atomic mass is 10.2. The van der Waals surface area contributed by atoms with Crippen LogP contribution >= 0.6 is 22.7 Å². The molecule has 4 heterocycles. The van der Waals surface area contributed by atoms with Gasteiger partial charge >= 0.3 is 0 Å². The minimum absolute atomic E-state index is 0.0783. The SMILES string of the molecule is Cc1ccc(-c2nc(CN3CCOC(c4nccs4)C3)cs2)o1. The molecule has 0 amide bonds. The van der Waals surface area contributed by atoms with Crippen molar-refractivity contribution >= 4 is 22.7 Å². The van der Waals surface area contributed by atoms with Gasteiger partial charge < -0.3 is 9.15 Å². The maximum atomic E-state index is 5.84. The summed E-state index contributed by atoms with van der Waals surface area (Å²) in [6.07, 6.45) is 1.91. The summed E-state index contributed by atoms with van der Waals surface area (Å²) in [6.45, 7) is 5.30. The van der Waals surface area contributed by atoms with Crippen molar-refractivity contribution < 1.29 is 9.15 Å². The van der Waals surface area contributed by atoms with E-state index >= 15 is 0 Å². The number of hydrogen-bond donors (Lipinski definition) is 0. The van der Waals surface area contributed by atoms with Gasteiger partial charge in [0, 0.05) is 36.6 Å². The van der Waals surface area contributed by atoms with Gasteiger partial charge in [0.1, 0.15) is 16.9 Å². The Bertz CT molecular complexity index is 766. The number of thiazole rings is 2. The quantitative estimate of drug-likeness (QED) is 0.719. The highest BCUT2D eigenvalue weighted by Gasteiger charge is 2.24. The molecule has 3 aromatic rings. The maximum Gasteiger partial charge on any atom is 0.162 e. The van der Waals surface area contributed by atoms with E-state index in [1.54, 1.807) is 22.7 Å². The van der Waals surface area contributed by atoms with Crippen molar-refractivity contribution in [3.63, 3.8) is 0 Å². The normalized spacial score (nSPS) is 19.3. The van der Waals surface area contributed by atoms with Crippen molar-refractivity contribution in [2.24, 2.45) is 0 Å². The van der Waals surface area contributed by atoms with E-state index < -0.39 is 0 Å². The first-order chi connectivity index (χ1) is 11.3. The summed E-state index contributed by atoms with van der Waals surface area (Å²) >= 11 is 3.28. The average molecular weight is 347 g/mol. The summed E-state index contributed by atoms with van der Waals surface area (Å²) in [6, 6.07) is 3.95. The van der Waals surface area contributed by atoms with Crippen molar-refractivity contribution in [2.45, 2.75) is 19.6 Å². The summed E-state index contributed by atoms with van der Waals surface area (Å²) in [4.78, 5) is 11.5. The zero-order chi connectivity index (χ0) is 15.6. The number of hydrogen-bond acceptors (Lipinski definition) is 7. The molecule has 3 aromatic heterocycles. The molecule has 0 N–H and O–H groups in total. The minimum atomic E-state index is 0.0783. The molecular weight excluding hydrogens is 330 g/mol. The van der Waals surface area contributed by atoms with Gasteiger partial charge in [0.2, 0.25) is 0 Å². The number of nitrogens with zero attached hydrogens (tertiary/aromatic N) is 3. The van der Waals surface area contributed by atoms with Crippen molar-refractivity contribution in [3.8, 4) is 10.8 Å². The van der Waals surface area contributed by atoms with Gasteiger partial charge in [-0.3, -0.25) is 4.90 Å². The molecule has 1 saturated heterocycles.